The van der Waals surface area contributed by atoms with Crippen LogP contribution in [0.25, 0.3) is 0 Å². The lowest BCUT2D eigenvalue weighted by Gasteiger charge is -2.36. The zero-order valence-corrected chi connectivity index (χ0v) is 17.5. The molecule has 0 radical (unpaired) electrons. The molecule has 29 heavy (non-hydrogen) atoms. The molecule has 1 atom stereocenters. The highest BCUT2D eigenvalue weighted by atomic mass is 16.5. The number of carbonyl (C=O) groups excluding carboxylic acids is 2. The molecule has 0 aliphatic carbocycles. The molecule has 0 saturated carbocycles. The van der Waals surface area contributed by atoms with E-state index in [-0.39, 0.29) is 17.9 Å². The average molecular weight is 395 g/mol. The highest BCUT2D eigenvalue weighted by Crippen LogP contribution is 2.15. The Morgan fingerprint density at radius 2 is 1.76 bits per heavy atom. The molecule has 5 nitrogen and oxygen atoms in total. The van der Waals surface area contributed by atoms with Crippen LogP contribution in [-0.4, -0.2) is 60.5 Å². The molecular formula is C24H30N2O3. The van der Waals surface area contributed by atoms with E-state index in [0.717, 1.165) is 5.56 Å². The summed E-state index contributed by atoms with van der Waals surface area (Å²) in [7, 11) is 0. The van der Waals surface area contributed by atoms with E-state index < -0.39 is 0 Å². The van der Waals surface area contributed by atoms with Crippen LogP contribution < -0.4 is 0 Å². The van der Waals surface area contributed by atoms with Gasteiger partial charge in [0.25, 0.3) is 11.8 Å². The van der Waals surface area contributed by atoms with Crippen LogP contribution in [-0.2, 0) is 4.74 Å². The second-order valence-electron chi connectivity index (χ2n) is 8.08. The topological polar surface area (TPSA) is 49.9 Å². The van der Waals surface area contributed by atoms with E-state index in [0.29, 0.717) is 49.8 Å². The van der Waals surface area contributed by atoms with Crippen molar-refractivity contribution in [2.75, 3.05) is 32.8 Å². The average Bonchev–Trinajstić information content (AvgIpc) is 2.73. The van der Waals surface area contributed by atoms with E-state index in [1.165, 1.54) is 0 Å². The molecule has 1 unspecified atom stereocenters. The molecule has 0 bridgehead atoms. The number of rotatable bonds is 6. The number of morpholine rings is 1. The molecule has 2 aromatic rings. The van der Waals surface area contributed by atoms with Gasteiger partial charge >= 0.3 is 0 Å². The van der Waals surface area contributed by atoms with Gasteiger partial charge in [0.15, 0.2) is 0 Å². The van der Waals surface area contributed by atoms with Crippen LogP contribution >= 0.6 is 0 Å². The summed E-state index contributed by atoms with van der Waals surface area (Å²) in [6, 6.07) is 17.0. The molecule has 2 amide bonds. The SMILES string of the molecule is Cc1ccc(C(=O)N2CCOC(CN(CC(C)C)C(=O)c3ccccc3)C2)cc1. The second-order valence-corrected chi connectivity index (χ2v) is 8.08. The monoisotopic (exact) mass is 394 g/mol. The summed E-state index contributed by atoms with van der Waals surface area (Å²) >= 11 is 0. The summed E-state index contributed by atoms with van der Waals surface area (Å²) in [5.41, 5.74) is 2.50. The van der Waals surface area contributed by atoms with Crippen LogP contribution in [0.15, 0.2) is 54.6 Å². The molecular weight excluding hydrogens is 364 g/mol. The molecule has 1 aliphatic heterocycles. The van der Waals surface area contributed by atoms with Crippen molar-refractivity contribution in [1.82, 2.24) is 9.80 Å². The fourth-order valence-corrected chi connectivity index (χ4v) is 3.58. The van der Waals surface area contributed by atoms with Crippen molar-refractivity contribution in [3.63, 3.8) is 0 Å². The van der Waals surface area contributed by atoms with Crippen molar-refractivity contribution in [2.24, 2.45) is 5.92 Å². The Labute approximate surface area is 173 Å². The molecule has 1 fully saturated rings. The molecule has 1 aliphatic rings. The zero-order chi connectivity index (χ0) is 20.8. The molecule has 154 valence electrons. The summed E-state index contributed by atoms with van der Waals surface area (Å²) in [5.74, 6) is 0.365. The summed E-state index contributed by atoms with van der Waals surface area (Å²) < 4.78 is 5.92. The third-order valence-electron chi connectivity index (χ3n) is 5.04. The Hall–Kier alpha value is -2.66. The Morgan fingerprint density at radius 1 is 1.07 bits per heavy atom. The predicted octanol–water partition coefficient (Wildman–Crippen LogP) is 3.63. The molecule has 5 heteroatoms. The molecule has 2 aromatic carbocycles. The van der Waals surface area contributed by atoms with Gasteiger partial charge in [-0.1, -0.05) is 49.7 Å². The van der Waals surface area contributed by atoms with Crippen molar-refractivity contribution in [2.45, 2.75) is 26.9 Å². The number of ether oxygens (including phenoxy) is 1. The van der Waals surface area contributed by atoms with Gasteiger partial charge in [-0.2, -0.15) is 0 Å². The Bertz CT molecular complexity index is 818. The predicted molar refractivity (Wildman–Crippen MR) is 114 cm³/mol. The highest BCUT2D eigenvalue weighted by molar-refractivity contribution is 5.95. The molecule has 0 aromatic heterocycles. The van der Waals surface area contributed by atoms with E-state index in [1.807, 2.05) is 71.3 Å². The maximum atomic E-state index is 13.0. The minimum atomic E-state index is -0.190. The largest absolute Gasteiger partial charge is 0.373 e. The van der Waals surface area contributed by atoms with Crippen molar-refractivity contribution >= 4 is 11.8 Å². The smallest absolute Gasteiger partial charge is 0.254 e. The van der Waals surface area contributed by atoms with Crippen LogP contribution in [0.5, 0.6) is 0 Å². The van der Waals surface area contributed by atoms with Crippen LogP contribution in [0.2, 0.25) is 0 Å². The Morgan fingerprint density at radius 3 is 2.41 bits per heavy atom. The quantitative estimate of drug-likeness (QED) is 0.752. The summed E-state index contributed by atoms with van der Waals surface area (Å²) in [4.78, 5) is 29.6. The molecule has 3 rings (SSSR count). The first kappa shape index (κ1) is 21.1. The summed E-state index contributed by atoms with van der Waals surface area (Å²) in [6.45, 7) is 8.87. The lowest BCUT2D eigenvalue weighted by molar-refractivity contribution is -0.0340. The van der Waals surface area contributed by atoms with Crippen molar-refractivity contribution in [3.8, 4) is 0 Å². The van der Waals surface area contributed by atoms with E-state index in [4.69, 9.17) is 4.74 Å². The van der Waals surface area contributed by atoms with Crippen LogP contribution in [0.1, 0.15) is 40.1 Å². The number of amides is 2. The van der Waals surface area contributed by atoms with E-state index in [9.17, 15) is 9.59 Å². The standard InChI is InChI=1S/C24H30N2O3/c1-18(2)15-26(24(28)20-7-5-4-6-8-20)17-22-16-25(13-14-29-22)23(27)21-11-9-19(3)10-12-21/h4-12,18,22H,13-17H2,1-3H3. The minimum absolute atomic E-state index is 0.00452. The van der Waals surface area contributed by atoms with Gasteiger partial charge in [-0.15, -0.1) is 0 Å². The fourth-order valence-electron chi connectivity index (χ4n) is 3.58. The number of hydrogen-bond acceptors (Lipinski definition) is 3. The van der Waals surface area contributed by atoms with E-state index >= 15 is 0 Å². The molecule has 1 saturated heterocycles. The van der Waals surface area contributed by atoms with Gasteiger partial charge in [0, 0.05) is 37.3 Å². The van der Waals surface area contributed by atoms with Crippen molar-refractivity contribution < 1.29 is 14.3 Å². The first-order valence-electron chi connectivity index (χ1n) is 10.3. The number of benzene rings is 2. The van der Waals surface area contributed by atoms with Crippen LogP contribution in [0.4, 0.5) is 0 Å². The number of aryl methyl sites for hydroxylation is 1. The minimum Gasteiger partial charge on any atom is -0.373 e. The third kappa shape index (κ3) is 5.67. The van der Waals surface area contributed by atoms with Gasteiger partial charge in [0.1, 0.15) is 0 Å². The Kier molecular flexibility index (Phi) is 7.04. The zero-order valence-electron chi connectivity index (χ0n) is 17.5. The fraction of sp³-hybridized carbons (Fsp3) is 0.417. The maximum absolute atomic E-state index is 13.0. The lowest BCUT2D eigenvalue weighted by Crippen LogP contribution is -2.51. The van der Waals surface area contributed by atoms with Gasteiger partial charge in [0.05, 0.1) is 12.7 Å². The number of hydrogen-bond donors (Lipinski definition) is 0. The normalized spacial score (nSPS) is 16.7. The molecule has 0 N–H and O–H groups in total. The summed E-state index contributed by atoms with van der Waals surface area (Å²) in [5, 5.41) is 0. The Balaban J connectivity index is 1.68. The van der Waals surface area contributed by atoms with Crippen LogP contribution in [0, 0.1) is 12.8 Å². The number of nitrogens with zero attached hydrogens (tertiary/aromatic N) is 2. The third-order valence-corrected chi connectivity index (χ3v) is 5.04. The molecule has 0 spiro atoms. The van der Waals surface area contributed by atoms with Gasteiger partial charge in [-0.3, -0.25) is 9.59 Å². The first-order chi connectivity index (χ1) is 13.9. The lowest BCUT2D eigenvalue weighted by atomic mass is 10.1. The van der Waals surface area contributed by atoms with Crippen LogP contribution in [0.3, 0.4) is 0 Å². The first-order valence-corrected chi connectivity index (χ1v) is 10.3. The highest BCUT2D eigenvalue weighted by Gasteiger charge is 2.28. The molecule has 1 heterocycles. The maximum Gasteiger partial charge on any atom is 0.254 e. The van der Waals surface area contributed by atoms with Crippen molar-refractivity contribution in [3.05, 3.63) is 71.3 Å². The van der Waals surface area contributed by atoms with Gasteiger partial charge in [-0.25, -0.2) is 0 Å². The number of carbonyl (C=O) groups is 2. The van der Waals surface area contributed by atoms with Gasteiger partial charge in [-0.05, 0) is 37.1 Å². The van der Waals surface area contributed by atoms with E-state index in [1.54, 1.807) is 0 Å². The van der Waals surface area contributed by atoms with Crippen molar-refractivity contribution in [1.29, 1.82) is 0 Å². The second kappa shape index (κ2) is 9.70. The van der Waals surface area contributed by atoms with Gasteiger partial charge < -0.3 is 14.5 Å². The van der Waals surface area contributed by atoms with Gasteiger partial charge in [0.2, 0.25) is 0 Å². The summed E-state index contributed by atoms with van der Waals surface area (Å²) in [6.07, 6.45) is -0.190. The van der Waals surface area contributed by atoms with E-state index in [2.05, 4.69) is 13.8 Å².